The molecule has 0 saturated carbocycles. The summed E-state index contributed by atoms with van der Waals surface area (Å²) in [5.41, 5.74) is 2.46. The molecule has 2 rings (SSSR count). The van der Waals surface area contributed by atoms with Crippen LogP contribution in [0.2, 0.25) is 0 Å². The number of aryl methyl sites for hydroxylation is 2. The molecule has 27 heavy (non-hydrogen) atoms. The van der Waals surface area contributed by atoms with E-state index in [0.29, 0.717) is 19.4 Å². The molecule has 0 heterocycles. The van der Waals surface area contributed by atoms with Crippen LogP contribution >= 0.6 is 0 Å². The van der Waals surface area contributed by atoms with Crippen molar-refractivity contribution in [2.45, 2.75) is 45.4 Å². The molecule has 0 fully saturated rings. The first-order chi connectivity index (χ1) is 14.9. The molecule has 0 aliphatic carbocycles. The Hall–Kier alpha value is -1.07. The molecule has 3 nitrogen and oxygen atoms in total. The van der Waals surface area contributed by atoms with Crippen LogP contribution < -0.4 is 29.6 Å². The summed E-state index contributed by atoms with van der Waals surface area (Å²) in [4.78, 5) is 11.0. The van der Waals surface area contributed by atoms with Crippen LogP contribution in [0.5, 0.6) is 0 Å². The van der Waals surface area contributed by atoms with E-state index in [-0.39, 0.29) is 41.9 Å². The first kappa shape index (κ1) is 18.0. The molecule has 0 spiro atoms. The maximum absolute atomic E-state index is 11.0. The average Bonchev–Trinajstić information content (AvgIpc) is 2.68. The second-order valence-corrected chi connectivity index (χ2v) is 5.64. The van der Waals surface area contributed by atoms with Gasteiger partial charge in [-0.1, -0.05) is 68.9 Å². The fourth-order valence-electron chi connectivity index (χ4n) is 2.33. The number of hydrogen-bond donors (Lipinski definition) is 1. The van der Waals surface area contributed by atoms with Gasteiger partial charge in [-0.05, 0) is 50.2 Å². The van der Waals surface area contributed by atoms with Crippen molar-refractivity contribution in [1.82, 2.24) is 0 Å². The number of benzene rings is 2. The summed E-state index contributed by atoms with van der Waals surface area (Å²) in [6.07, 6.45) is 4.02. The molecule has 1 N–H and O–H groups in total. The van der Waals surface area contributed by atoms with E-state index >= 15 is 0 Å². The van der Waals surface area contributed by atoms with Crippen LogP contribution in [0, 0.1) is 0 Å². The summed E-state index contributed by atoms with van der Waals surface area (Å²) < 4.78 is 42.7. The number of carbonyl (C=O) groups excluding carboxylic acids is 1. The number of hydrogen-bond acceptors (Lipinski definition) is 3. The Morgan fingerprint density at radius 2 is 1.48 bits per heavy atom. The molecule has 144 valence electrons. The van der Waals surface area contributed by atoms with Crippen molar-refractivity contribution < 1.29 is 46.9 Å². The van der Waals surface area contributed by atoms with Crippen molar-refractivity contribution in [3.63, 3.8) is 0 Å². The van der Waals surface area contributed by atoms with Crippen molar-refractivity contribution in [2.75, 3.05) is 13.2 Å². The van der Waals surface area contributed by atoms with E-state index in [1.54, 1.807) is 0 Å². The Morgan fingerprint density at radius 1 is 1.00 bits per heavy atom. The molecule has 5 heteroatoms. The van der Waals surface area contributed by atoms with Crippen LogP contribution in [0.1, 0.15) is 46.5 Å². The first-order valence-electron chi connectivity index (χ1n) is 12.2. The van der Waals surface area contributed by atoms with E-state index in [2.05, 4.69) is 12.1 Å². The average molecular weight is 386 g/mol. The van der Waals surface area contributed by atoms with Gasteiger partial charge in [0.15, 0.2) is 0 Å². The van der Waals surface area contributed by atoms with Gasteiger partial charge in [0.05, 0.1) is 9.35 Å². The van der Waals surface area contributed by atoms with Crippen molar-refractivity contribution in [1.29, 1.82) is 5.34 Å². The smallest absolute Gasteiger partial charge is 0.466 e. The van der Waals surface area contributed by atoms with E-state index in [4.69, 9.17) is 17.9 Å². The maximum atomic E-state index is 11.0. The minimum absolute atomic E-state index is 0. The first-order valence-corrected chi connectivity index (χ1v) is 8.86. The molecular formula is C22H34BNaO3. The maximum Gasteiger partial charge on any atom is 1.00 e. The van der Waals surface area contributed by atoms with E-state index in [1.165, 1.54) is 11.1 Å². The van der Waals surface area contributed by atoms with Crippen LogP contribution in [0.15, 0.2) is 60.7 Å². The van der Waals surface area contributed by atoms with E-state index in [9.17, 15) is 4.79 Å². The van der Waals surface area contributed by atoms with Gasteiger partial charge in [-0.25, -0.2) is 5.34 Å². The monoisotopic (exact) mass is 386 g/mol. The molecule has 0 saturated heterocycles. The van der Waals surface area contributed by atoms with Gasteiger partial charge in [0, 0.05) is 13.0 Å². The number of rotatable bonds is 9. The summed E-state index contributed by atoms with van der Waals surface area (Å²) in [6.45, 7) is 0.286. The zero-order valence-corrected chi connectivity index (χ0v) is 18.6. The molecule has 2 aromatic rings. The minimum Gasteiger partial charge on any atom is -0.466 e. The SMILES string of the molecule is CCOC(=O)CCCc1ccccc1.[2H]C([2H])(O)CCCc1ccccc1.[2H][B-]([2H])([2H])[2H].[Na+]. The fraction of sp³-hybridized carbons (Fsp3) is 0.409. The zero-order chi connectivity index (χ0) is 24.5. The molecule has 2 aromatic carbocycles. The van der Waals surface area contributed by atoms with Gasteiger partial charge in [-0.2, -0.15) is 0 Å². The van der Waals surface area contributed by atoms with Gasteiger partial charge < -0.3 is 9.84 Å². The van der Waals surface area contributed by atoms with Crippen molar-refractivity contribution in [2.24, 2.45) is 0 Å². The number of carbonyl (C=O) groups is 1. The summed E-state index contributed by atoms with van der Waals surface area (Å²) in [5.74, 6) is -0.0940. The van der Waals surface area contributed by atoms with E-state index in [1.807, 2.05) is 55.5 Å². The van der Waals surface area contributed by atoms with Crippen molar-refractivity contribution >= 4 is 14.2 Å². The topological polar surface area (TPSA) is 46.5 Å². The van der Waals surface area contributed by atoms with Gasteiger partial charge in [-0.3, -0.25) is 4.79 Å². The number of esters is 1. The quantitative estimate of drug-likeness (QED) is 0.492. The van der Waals surface area contributed by atoms with E-state index < -0.39 is 14.8 Å². The Balaban J connectivity index is 0. The van der Waals surface area contributed by atoms with Gasteiger partial charge in [0.1, 0.15) is 0 Å². The normalized spacial score (nSPS) is 13.1. The molecule has 0 amide bonds. The van der Waals surface area contributed by atoms with E-state index in [0.717, 1.165) is 19.3 Å². The standard InChI is InChI=1S/C12H16O2.C10H14O.BH4.Na/c1-2-14-12(13)10-6-9-11-7-4-3-5-8-11;11-9-5-4-8-10-6-2-1-3-7-10;;/h3-5,7-8H,2,6,9-10H2,1H3;1-3,6-7,11H,4-5,8-9H2;1H4;/q;;-1;+1/i;9D2;1D4;. The largest absolute Gasteiger partial charge is 1.00 e. The minimum atomic E-state index is -3.00. The summed E-state index contributed by atoms with van der Waals surface area (Å²) in [5, 5.41) is 8.83. The van der Waals surface area contributed by atoms with Gasteiger partial charge in [-0.15, -0.1) is 0 Å². The summed E-state index contributed by atoms with van der Waals surface area (Å²) in [7, 11) is -3.00. The second-order valence-electron chi connectivity index (χ2n) is 5.64. The van der Waals surface area contributed by atoms with Crippen molar-refractivity contribution in [3.8, 4) is 0 Å². The summed E-state index contributed by atoms with van der Waals surface area (Å²) >= 11 is 0. The molecule has 0 radical (unpaired) electrons. The number of aliphatic hydroxyl groups is 1. The molecular weight excluding hydrogens is 346 g/mol. The molecule has 0 unspecified atom stereocenters. The Morgan fingerprint density at radius 3 is 1.93 bits per heavy atom. The Labute approximate surface area is 196 Å². The van der Waals surface area contributed by atoms with Crippen LogP contribution in [0.3, 0.4) is 0 Å². The van der Waals surface area contributed by atoms with Gasteiger partial charge >= 0.3 is 35.5 Å². The summed E-state index contributed by atoms with van der Waals surface area (Å²) in [6, 6.07) is 20.1. The van der Waals surface area contributed by atoms with Crippen molar-refractivity contribution in [3.05, 3.63) is 71.8 Å². The Kier molecular flexibility index (Phi) is 13.1. The number of ether oxygens (including phenoxy) is 1. The predicted octanol–water partition coefficient (Wildman–Crippen LogP) is 0.126. The molecule has 0 bridgehead atoms. The second kappa shape index (κ2) is 19.7. The third kappa shape index (κ3) is 15.7. The fourth-order valence-corrected chi connectivity index (χ4v) is 2.33. The molecule has 0 aromatic heterocycles. The third-order valence-electron chi connectivity index (χ3n) is 3.59. The molecule has 0 atom stereocenters. The van der Waals surface area contributed by atoms with Crippen LogP contribution in [0.4, 0.5) is 0 Å². The third-order valence-corrected chi connectivity index (χ3v) is 3.59. The molecule has 0 aliphatic rings. The van der Waals surface area contributed by atoms with Gasteiger partial charge in [0.2, 0.25) is 0 Å². The Bertz CT molecular complexity index is 722. The zero-order valence-electron chi connectivity index (χ0n) is 22.6. The predicted molar refractivity (Wildman–Crippen MR) is 114 cm³/mol. The van der Waals surface area contributed by atoms with Crippen LogP contribution in [-0.2, 0) is 22.4 Å². The van der Waals surface area contributed by atoms with Crippen LogP contribution in [-0.4, -0.2) is 37.9 Å². The van der Waals surface area contributed by atoms with Crippen LogP contribution in [0.25, 0.3) is 0 Å². The van der Waals surface area contributed by atoms with Gasteiger partial charge in [0.25, 0.3) is 0 Å². The molecule has 0 aliphatic heterocycles.